The lowest BCUT2D eigenvalue weighted by Gasteiger charge is -2.21. The summed E-state index contributed by atoms with van der Waals surface area (Å²) in [5.74, 6) is 0. The highest BCUT2D eigenvalue weighted by molar-refractivity contribution is 9.10. The summed E-state index contributed by atoms with van der Waals surface area (Å²) in [6, 6.07) is 7.26. The second-order valence-corrected chi connectivity index (χ2v) is 6.76. The molecule has 0 aliphatic rings. The second kappa shape index (κ2) is 6.68. The minimum absolute atomic E-state index is 0.186. The molecule has 22 heavy (non-hydrogen) atoms. The van der Waals surface area contributed by atoms with Crippen LogP contribution in [0.5, 0.6) is 0 Å². The minimum atomic E-state index is -0.562. The second-order valence-electron chi connectivity index (χ2n) is 5.96. The van der Waals surface area contributed by atoms with E-state index in [-0.39, 0.29) is 6.54 Å². The van der Waals surface area contributed by atoms with E-state index in [0.717, 1.165) is 21.1 Å². The predicted octanol–water partition coefficient (Wildman–Crippen LogP) is 3.48. The number of aromatic nitrogens is 1. The number of carbonyl (C=O) groups is 1. The number of benzene rings is 1. The van der Waals surface area contributed by atoms with Gasteiger partial charge in [0.05, 0.1) is 10.6 Å². The van der Waals surface area contributed by atoms with Crippen molar-refractivity contribution in [3.05, 3.63) is 34.4 Å². The molecule has 0 saturated carbocycles. The van der Waals surface area contributed by atoms with Gasteiger partial charge in [-0.05, 0) is 42.8 Å². The Balaban J connectivity index is 2.14. The van der Waals surface area contributed by atoms with Gasteiger partial charge in [0.15, 0.2) is 0 Å². The molecule has 1 amide bonds. The summed E-state index contributed by atoms with van der Waals surface area (Å²) in [6.07, 6.45) is -0.524. The summed E-state index contributed by atoms with van der Waals surface area (Å²) >= 11 is 3.46. The maximum absolute atomic E-state index is 11.7. The molecule has 6 nitrogen and oxygen atoms in total. The molecule has 0 spiro atoms. The van der Waals surface area contributed by atoms with E-state index in [1.165, 1.54) is 0 Å². The number of alkyl carbamates (subject to hydrolysis) is 1. The van der Waals surface area contributed by atoms with Crippen molar-refractivity contribution in [1.29, 1.82) is 0 Å². The van der Waals surface area contributed by atoms with Crippen LogP contribution in [0.3, 0.4) is 0 Å². The number of hydrogen-bond donors (Lipinski definition) is 4. The Labute approximate surface area is 137 Å². The fraction of sp³-hybridized carbons (Fsp3) is 0.400. The van der Waals surface area contributed by atoms with Crippen LogP contribution in [-0.4, -0.2) is 28.4 Å². The van der Waals surface area contributed by atoms with Gasteiger partial charge in [-0.3, -0.25) is 0 Å². The van der Waals surface area contributed by atoms with E-state index >= 15 is 0 Å². The Kier molecular flexibility index (Phi) is 5.10. The summed E-state index contributed by atoms with van der Waals surface area (Å²) in [4.78, 5) is 14.9. The number of fused-ring (bicyclic) bond motifs is 1. The molecule has 2 rings (SSSR count). The van der Waals surface area contributed by atoms with Crippen LogP contribution in [0.15, 0.2) is 28.9 Å². The van der Waals surface area contributed by atoms with Gasteiger partial charge in [0.25, 0.3) is 0 Å². The number of nitrogens with one attached hydrogen (secondary N) is 3. The van der Waals surface area contributed by atoms with Gasteiger partial charge < -0.3 is 20.2 Å². The summed E-state index contributed by atoms with van der Waals surface area (Å²) < 4.78 is 5.94. The lowest BCUT2D eigenvalue weighted by Crippen LogP contribution is -2.37. The van der Waals surface area contributed by atoms with E-state index in [1.54, 1.807) is 20.8 Å². The summed E-state index contributed by atoms with van der Waals surface area (Å²) in [6.45, 7) is 5.58. The molecular weight excluding hydrogens is 350 g/mol. The van der Waals surface area contributed by atoms with Crippen LogP contribution in [0.25, 0.3) is 10.9 Å². The van der Waals surface area contributed by atoms with Gasteiger partial charge in [0, 0.05) is 23.0 Å². The number of amides is 1. The van der Waals surface area contributed by atoms with Crippen LogP contribution in [0, 0.1) is 0 Å². The molecule has 1 unspecified atom stereocenters. The van der Waals surface area contributed by atoms with Crippen LogP contribution < -0.4 is 10.8 Å². The van der Waals surface area contributed by atoms with Crippen LogP contribution in [0.2, 0.25) is 0 Å². The van der Waals surface area contributed by atoms with Crippen LogP contribution in [0.4, 0.5) is 4.79 Å². The summed E-state index contributed by atoms with van der Waals surface area (Å²) in [7, 11) is 0. The monoisotopic (exact) mass is 369 g/mol. The molecular formula is C15H20BrN3O3. The maximum atomic E-state index is 11.7. The van der Waals surface area contributed by atoms with Gasteiger partial charge in [-0.1, -0.05) is 18.2 Å². The zero-order chi connectivity index (χ0) is 16.3. The lowest BCUT2D eigenvalue weighted by molar-refractivity contribution is 0.0503. The molecule has 4 N–H and O–H groups in total. The Morgan fingerprint density at radius 3 is 2.73 bits per heavy atom. The van der Waals surface area contributed by atoms with E-state index in [4.69, 9.17) is 4.74 Å². The SMILES string of the molecule is CC(C)(C)OC(=O)NCC(NO)c1c(Br)[nH]c2ccccc12. The van der Waals surface area contributed by atoms with Crippen molar-refractivity contribution in [2.45, 2.75) is 32.4 Å². The number of H-pyrrole nitrogens is 1. The molecule has 1 aromatic carbocycles. The first-order chi connectivity index (χ1) is 10.3. The molecule has 0 aliphatic carbocycles. The average molecular weight is 370 g/mol. The topological polar surface area (TPSA) is 86.4 Å². The van der Waals surface area contributed by atoms with Gasteiger partial charge in [0.2, 0.25) is 0 Å². The number of hydrogen-bond acceptors (Lipinski definition) is 4. The molecule has 2 aromatic rings. The van der Waals surface area contributed by atoms with Crippen molar-refractivity contribution in [3.8, 4) is 0 Å². The van der Waals surface area contributed by atoms with E-state index in [2.05, 4.69) is 31.7 Å². The number of para-hydroxylation sites is 1. The van der Waals surface area contributed by atoms with Crippen LogP contribution in [-0.2, 0) is 4.74 Å². The van der Waals surface area contributed by atoms with Gasteiger partial charge in [-0.15, -0.1) is 0 Å². The maximum Gasteiger partial charge on any atom is 0.407 e. The highest BCUT2D eigenvalue weighted by Gasteiger charge is 2.21. The van der Waals surface area contributed by atoms with E-state index < -0.39 is 17.7 Å². The Morgan fingerprint density at radius 1 is 1.41 bits per heavy atom. The normalized spacial score (nSPS) is 13.1. The van der Waals surface area contributed by atoms with Crippen molar-refractivity contribution < 1.29 is 14.7 Å². The number of carbonyl (C=O) groups excluding carboxylic acids is 1. The number of hydroxylamine groups is 1. The number of rotatable bonds is 4. The Bertz CT molecular complexity index is 664. The van der Waals surface area contributed by atoms with E-state index in [1.807, 2.05) is 24.3 Å². The molecule has 1 heterocycles. The molecule has 0 fully saturated rings. The number of ether oxygens (including phenoxy) is 1. The van der Waals surface area contributed by atoms with Crippen molar-refractivity contribution in [3.63, 3.8) is 0 Å². The van der Waals surface area contributed by atoms with Gasteiger partial charge in [-0.25, -0.2) is 4.79 Å². The molecule has 120 valence electrons. The van der Waals surface area contributed by atoms with Gasteiger partial charge >= 0.3 is 6.09 Å². The predicted molar refractivity (Wildman–Crippen MR) is 87.9 cm³/mol. The zero-order valence-corrected chi connectivity index (χ0v) is 14.3. The highest BCUT2D eigenvalue weighted by atomic mass is 79.9. The molecule has 0 aliphatic heterocycles. The first-order valence-electron chi connectivity index (χ1n) is 6.94. The van der Waals surface area contributed by atoms with Crippen molar-refractivity contribution in [2.75, 3.05) is 6.54 Å². The largest absolute Gasteiger partial charge is 0.444 e. The summed E-state index contributed by atoms with van der Waals surface area (Å²) in [5, 5.41) is 13.1. The van der Waals surface area contributed by atoms with Crippen molar-refractivity contribution >= 4 is 32.9 Å². The fourth-order valence-electron chi connectivity index (χ4n) is 2.18. The third kappa shape index (κ3) is 4.00. The Morgan fingerprint density at radius 2 is 2.09 bits per heavy atom. The highest BCUT2D eigenvalue weighted by Crippen LogP contribution is 2.31. The van der Waals surface area contributed by atoms with Gasteiger partial charge in [0.1, 0.15) is 5.60 Å². The smallest absolute Gasteiger partial charge is 0.407 e. The van der Waals surface area contributed by atoms with Gasteiger partial charge in [-0.2, -0.15) is 5.48 Å². The number of halogens is 1. The zero-order valence-electron chi connectivity index (χ0n) is 12.7. The molecule has 1 atom stereocenters. The molecule has 0 bridgehead atoms. The van der Waals surface area contributed by atoms with Crippen molar-refractivity contribution in [1.82, 2.24) is 15.8 Å². The average Bonchev–Trinajstić information content (AvgIpc) is 2.74. The lowest BCUT2D eigenvalue weighted by atomic mass is 10.1. The third-order valence-electron chi connectivity index (χ3n) is 3.05. The standard InChI is InChI=1S/C15H20BrN3O3/c1-15(2,3)22-14(20)17-8-11(19-21)12-9-6-4-5-7-10(9)18-13(12)16/h4-7,11,18-19,21H,8H2,1-3H3,(H,17,20). The first kappa shape index (κ1) is 16.8. The Hall–Kier alpha value is -1.57. The quantitative estimate of drug-likeness (QED) is 0.621. The molecule has 0 radical (unpaired) electrons. The molecule has 7 heteroatoms. The van der Waals surface area contributed by atoms with Crippen LogP contribution >= 0.6 is 15.9 Å². The minimum Gasteiger partial charge on any atom is -0.444 e. The molecule has 1 aromatic heterocycles. The van der Waals surface area contributed by atoms with E-state index in [0.29, 0.717) is 0 Å². The van der Waals surface area contributed by atoms with E-state index in [9.17, 15) is 10.0 Å². The number of aromatic amines is 1. The molecule has 0 saturated heterocycles. The summed E-state index contributed by atoms with van der Waals surface area (Å²) in [5.41, 5.74) is 3.46. The van der Waals surface area contributed by atoms with Crippen molar-refractivity contribution in [2.24, 2.45) is 0 Å². The third-order valence-corrected chi connectivity index (χ3v) is 3.68. The first-order valence-corrected chi connectivity index (χ1v) is 7.73. The van der Waals surface area contributed by atoms with Crippen LogP contribution in [0.1, 0.15) is 32.4 Å². The fourth-order valence-corrected chi connectivity index (χ4v) is 2.89.